The van der Waals surface area contributed by atoms with Crippen molar-refractivity contribution in [2.45, 2.75) is 44.6 Å². The van der Waals surface area contributed by atoms with E-state index in [0.29, 0.717) is 54.7 Å². The number of aliphatic hydroxyl groups is 1. The summed E-state index contributed by atoms with van der Waals surface area (Å²) in [5.74, 6) is -0.975. The number of carbonyl (C=O) groups is 2. The molecule has 0 saturated carbocycles. The molecule has 7 nitrogen and oxygen atoms in total. The molecule has 1 aromatic heterocycles. The van der Waals surface area contributed by atoms with Gasteiger partial charge in [0.1, 0.15) is 5.76 Å². The molecular weight excluding hydrogens is 300 g/mol. The number of furan rings is 1. The Bertz CT molecular complexity index is 701. The molecule has 1 amide bonds. The number of hydrazone groups is 1. The minimum atomic E-state index is -1.12. The van der Waals surface area contributed by atoms with E-state index in [9.17, 15) is 14.7 Å². The summed E-state index contributed by atoms with van der Waals surface area (Å²) in [6, 6.07) is 1.45. The van der Waals surface area contributed by atoms with Crippen LogP contribution in [0.15, 0.2) is 27.2 Å². The van der Waals surface area contributed by atoms with Gasteiger partial charge in [0.05, 0.1) is 11.8 Å². The van der Waals surface area contributed by atoms with Crippen molar-refractivity contribution in [1.29, 1.82) is 0 Å². The average molecular weight is 318 g/mol. The Morgan fingerprint density at radius 2 is 2.17 bits per heavy atom. The second-order valence-electron chi connectivity index (χ2n) is 5.77. The standard InChI is InChI=1S/C16H18N2O5/c19-10-4-1-3-9(7-10)15(20)18-17-12-5-2-6-13-11(12)8-14(23-13)16(21)22/h3,8,10,19H,1-2,4-7H2,(H,18,20)(H,21,22). The number of hydrogen-bond acceptors (Lipinski definition) is 5. The number of aliphatic hydroxyl groups excluding tert-OH is 1. The van der Waals surface area contributed by atoms with E-state index in [0.717, 1.165) is 6.42 Å². The fraction of sp³-hybridized carbons (Fsp3) is 0.438. The summed E-state index contributed by atoms with van der Waals surface area (Å²) < 4.78 is 5.30. The highest BCUT2D eigenvalue weighted by atomic mass is 16.4. The topological polar surface area (TPSA) is 112 Å². The molecule has 0 spiro atoms. The molecule has 1 atom stereocenters. The van der Waals surface area contributed by atoms with Crippen molar-refractivity contribution < 1.29 is 24.2 Å². The van der Waals surface area contributed by atoms with Crippen LogP contribution in [0.3, 0.4) is 0 Å². The fourth-order valence-electron chi connectivity index (χ4n) is 2.90. The number of aryl methyl sites for hydroxylation is 1. The molecule has 3 N–H and O–H groups in total. The van der Waals surface area contributed by atoms with E-state index >= 15 is 0 Å². The number of carbonyl (C=O) groups excluding carboxylic acids is 1. The number of nitrogens with zero attached hydrogens (tertiary/aromatic N) is 1. The molecule has 0 aliphatic heterocycles. The molecule has 2 aliphatic carbocycles. The number of carboxylic acids is 1. The summed E-state index contributed by atoms with van der Waals surface area (Å²) in [4.78, 5) is 23.1. The zero-order valence-corrected chi connectivity index (χ0v) is 12.5. The van der Waals surface area contributed by atoms with Crippen molar-refractivity contribution in [1.82, 2.24) is 5.43 Å². The van der Waals surface area contributed by atoms with Crippen molar-refractivity contribution in [3.63, 3.8) is 0 Å². The summed E-state index contributed by atoms with van der Waals surface area (Å²) in [5.41, 5.74) is 4.30. The molecule has 0 aromatic carbocycles. The lowest BCUT2D eigenvalue weighted by molar-refractivity contribution is -0.118. The number of nitrogens with one attached hydrogen (secondary N) is 1. The normalized spacial score (nSPS) is 22.4. The van der Waals surface area contributed by atoms with Crippen LogP contribution in [0.2, 0.25) is 0 Å². The Hall–Kier alpha value is -2.41. The molecule has 0 saturated heterocycles. The Labute approximate surface area is 132 Å². The number of allylic oxidation sites excluding steroid dienone is 1. The Balaban J connectivity index is 1.75. The van der Waals surface area contributed by atoms with Gasteiger partial charge in [-0.2, -0.15) is 5.10 Å². The van der Waals surface area contributed by atoms with Gasteiger partial charge < -0.3 is 14.6 Å². The number of fused-ring (bicyclic) bond motifs is 1. The van der Waals surface area contributed by atoms with Crippen LogP contribution >= 0.6 is 0 Å². The highest BCUT2D eigenvalue weighted by molar-refractivity contribution is 6.04. The lowest BCUT2D eigenvalue weighted by Crippen LogP contribution is -2.26. The highest BCUT2D eigenvalue weighted by Crippen LogP contribution is 2.25. The summed E-state index contributed by atoms with van der Waals surface area (Å²) in [6.45, 7) is 0. The Morgan fingerprint density at radius 1 is 1.35 bits per heavy atom. The van der Waals surface area contributed by atoms with E-state index in [2.05, 4.69) is 10.5 Å². The quantitative estimate of drug-likeness (QED) is 0.733. The third-order valence-corrected chi connectivity index (χ3v) is 4.08. The zero-order chi connectivity index (χ0) is 16.4. The predicted octanol–water partition coefficient (Wildman–Crippen LogP) is 1.61. The molecule has 0 radical (unpaired) electrons. The van der Waals surface area contributed by atoms with Crippen LogP contribution in [0.1, 0.15) is 54.0 Å². The maximum Gasteiger partial charge on any atom is 0.371 e. The van der Waals surface area contributed by atoms with E-state index < -0.39 is 12.1 Å². The minimum absolute atomic E-state index is 0.117. The van der Waals surface area contributed by atoms with Crippen LogP contribution in [-0.4, -0.2) is 33.9 Å². The molecular formula is C16H18N2O5. The van der Waals surface area contributed by atoms with Crippen LogP contribution < -0.4 is 5.43 Å². The van der Waals surface area contributed by atoms with Crippen molar-refractivity contribution in [2.75, 3.05) is 0 Å². The van der Waals surface area contributed by atoms with Crippen LogP contribution in [-0.2, 0) is 11.2 Å². The van der Waals surface area contributed by atoms with E-state index in [1.807, 2.05) is 6.08 Å². The van der Waals surface area contributed by atoms with Crippen LogP contribution in [0, 0.1) is 0 Å². The van der Waals surface area contributed by atoms with Crippen LogP contribution in [0.4, 0.5) is 0 Å². The van der Waals surface area contributed by atoms with Gasteiger partial charge in [0.2, 0.25) is 5.76 Å². The summed E-state index contributed by atoms with van der Waals surface area (Å²) in [5, 5.41) is 22.7. The van der Waals surface area contributed by atoms with E-state index in [1.54, 1.807) is 0 Å². The van der Waals surface area contributed by atoms with Crippen LogP contribution in [0.5, 0.6) is 0 Å². The SMILES string of the molecule is O=C(NN=C1CCCc2oc(C(=O)O)cc21)C1=CCCC(O)C1. The second kappa shape index (κ2) is 6.37. The van der Waals surface area contributed by atoms with Gasteiger partial charge in [-0.1, -0.05) is 6.08 Å². The molecule has 3 rings (SSSR count). The first kappa shape index (κ1) is 15.5. The summed E-state index contributed by atoms with van der Waals surface area (Å²) in [7, 11) is 0. The molecule has 1 heterocycles. The lowest BCUT2D eigenvalue weighted by atomic mass is 9.96. The molecule has 0 fully saturated rings. The van der Waals surface area contributed by atoms with E-state index in [-0.39, 0.29) is 11.7 Å². The van der Waals surface area contributed by atoms with Gasteiger partial charge in [-0.05, 0) is 25.7 Å². The smallest absolute Gasteiger partial charge is 0.371 e. The maximum atomic E-state index is 12.1. The molecule has 0 bridgehead atoms. The van der Waals surface area contributed by atoms with E-state index in [4.69, 9.17) is 9.52 Å². The first-order valence-electron chi connectivity index (χ1n) is 7.65. The van der Waals surface area contributed by atoms with E-state index in [1.165, 1.54) is 6.07 Å². The van der Waals surface area contributed by atoms with Gasteiger partial charge in [0, 0.05) is 30.0 Å². The number of hydrogen-bond donors (Lipinski definition) is 3. The van der Waals surface area contributed by atoms with Gasteiger partial charge in [0.15, 0.2) is 0 Å². The maximum absolute atomic E-state index is 12.1. The molecule has 1 aromatic rings. The molecule has 2 aliphatic rings. The summed E-state index contributed by atoms with van der Waals surface area (Å²) in [6.07, 6.45) is 5.10. The molecule has 1 unspecified atom stereocenters. The Morgan fingerprint density at radius 3 is 2.91 bits per heavy atom. The van der Waals surface area contributed by atoms with Gasteiger partial charge in [-0.15, -0.1) is 0 Å². The molecule has 23 heavy (non-hydrogen) atoms. The van der Waals surface area contributed by atoms with Crippen molar-refractivity contribution in [3.8, 4) is 0 Å². The Kier molecular flexibility index (Phi) is 4.29. The highest BCUT2D eigenvalue weighted by Gasteiger charge is 2.24. The van der Waals surface area contributed by atoms with Gasteiger partial charge in [0.25, 0.3) is 5.91 Å². The third-order valence-electron chi connectivity index (χ3n) is 4.08. The van der Waals surface area contributed by atoms with Gasteiger partial charge >= 0.3 is 5.97 Å². The number of carboxylic acid groups (broad SMARTS) is 1. The van der Waals surface area contributed by atoms with Crippen molar-refractivity contribution in [2.24, 2.45) is 5.10 Å². The van der Waals surface area contributed by atoms with Gasteiger partial charge in [-0.3, -0.25) is 4.79 Å². The monoisotopic (exact) mass is 318 g/mol. The second-order valence-corrected chi connectivity index (χ2v) is 5.77. The minimum Gasteiger partial charge on any atom is -0.475 e. The van der Waals surface area contributed by atoms with Crippen molar-refractivity contribution in [3.05, 3.63) is 34.8 Å². The molecule has 7 heteroatoms. The van der Waals surface area contributed by atoms with Crippen molar-refractivity contribution >= 4 is 17.6 Å². The zero-order valence-electron chi connectivity index (χ0n) is 12.5. The number of amides is 1. The predicted molar refractivity (Wildman–Crippen MR) is 81.2 cm³/mol. The van der Waals surface area contributed by atoms with Crippen LogP contribution in [0.25, 0.3) is 0 Å². The fourth-order valence-corrected chi connectivity index (χ4v) is 2.90. The first-order valence-corrected chi connectivity index (χ1v) is 7.65. The number of aromatic carboxylic acids is 1. The largest absolute Gasteiger partial charge is 0.475 e. The third kappa shape index (κ3) is 3.34. The van der Waals surface area contributed by atoms with Gasteiger partial charge in [-0.25, -0.2) is 10.2 Å². The average Bonchev–Trinajstić information content (AvgIpc) is 2.97. The summed E-state index contributed by atoms with van der Waals surface area (Å²) >= 11 is 0. The first-order chi connectivity index (χ1) is 11.0. The molecule has 122 valence electrons. The lowest BCUT2D eigenvalue weighted by Gasteiger charge is -2.17. The number of rotatable bonds is 3.